The van der Waals surface area contributed by atoms with E-state index in [4.69, 9.17) is 0 Å². The third-order valence-electron chi connectivity index (χ3n) is 5.31. The third kappa shape index (κ3) is 2.97. The Morgan fingerprint density at radius 3 is 2.52 bits per heavy atom. The summed E-state index contributed by atoms with van der Waals surface area (Å²) in [7, 11) is -2.99. The summed E-state index contributed by atoms with van der Waals surface area (Å²) in [6.07, 6.45) is 7.10. The van der Waals surface area contributed by atoms with Crippen molar-refractivity contribution >= 4 is 15.7 Å². The SMILES string of the molecule is CCC1NC(C2CCCC2)N(C2CCCS(=O)(=O)C2)C1=O. The third-order valence-corrected chi connectivity index (χ3v) is 7.11. The zero-order valence-electron chi connectivity index (χ0n) is 12.8. The molecule has 2 heterocycles. The van der Waals surface area contributed by atoms with Crippen LogP contribution in [-0.4, -0.2) is 49.0 Å². The van der Waals surface area contributed by atoms with E-state index in [-0.39, 0.29) is 35.7 Å². The van der Waals surface area contributed by atoms with E-state index >= 15 is 0 Å². The molecule has 2 saturated heterocycles. The van der Waals surface area contributed by atoms with Crippen molar-refractivity contribution in [2.24, 2.45) is 5.92 Å². The van der Waals surface area contributed by atoms with E-state index in [2.05, 4.69) is 5.32 Å². The van der Waals surface area contributed by atoms with Gasteiger partial charge in [0.1, 0.15) is 0 Å². The first-order valence-corrected chi connectivity index (χ1v) is 10.1. The fraction of sp³-hybridized carbons (Fsp3) is 0.933. The highest BCUT2D eigenvalue weighted by atomic mass is 32.2. The van der Waals surface area contributed by atoms with Crippen LogP contribution in [0.2, 0.25) is 0 Å². The number of nitrogens with zero attached hydrogens (tertiary/aromatic N) is 1. The van der Waals surface area contributed by atoms with Gasteiger partial charge in [-0.1, -0.05) is 19.8 Å². The molecule has 1 saturated carbocycles. The summed E-state index contributed by atoms with van der Waals surface area (Å²) in [6, 6.07) is -0.244. The predicted octanol–water partition coefficient (Wildman–Crippen LogP) is 1.29. The van der Waals surface area contributed by atoms with Gasteiger partial charge < -0.3 is 4.90 Å². The standard InChI is InChI=1S/C15H26N2O3S/c1-2-13-15(18)17(12-8-5-9-21(19,20)10-12)14(16-13)11-6-3-4-7-11/h11-14,16H,2-10H2,1H3. The number of hydrogen-bond donors (Lipinski definition) is 1. The first kappa shape index (κ1) is 15.3. The van der Waals surface area contributed by atoms with Crippen molar-refractivity contribution in [3.63, 3.8) is 0 Å². The minimum atomic E-state index is -2.99. The first-order valence-electron chi connectivity index (χ1n) is 8.30. The molecule has 6 heteroatoms. The van der Waals surface area contributed by atoms with Crippen molar-refractivity contribution in [1.29, 1.82) is 0 Å². The fourth-order valence-electron chi connectivity index (χ4n) is 4.23. The van der Waals surface area contributed by atoms with E-state index in [1.807, 2.05) is 11.8 Å². The lowest BCUT2D eigenvalue weighted by molar-refractivity contribution is -0.132. The molecule has 21 heavy (non-hydrogen) atoms. The van der Waals surface area contributed by atoms with Crippen LogP contribution in [0.15, 0.2) is 0 Å². The molecule has 3 atom stereocenters. The molecule has 3 aliphatic rings. The fourth-order valence-corrected chi connectivity index (χ4v) is 5.92. The van der Waals surface area contributed by atoms with Crippen LogP contribution in [0.25, 0.3) is 0 Å². The average Bonchev–Trinajstić information content (AvgIpc) is 3.04. The molecule has 0 radical (unpaired) electrons. The number of sulfone groups is 1. The van der Waals surface area contributed by atoms with Crippen LogP contribution in [0, 0.1) is 5.92 Å². The van der Waals surface area contributed by atoms with Crippen molar-refractivity contribution in [2.45, 2.75) is 70.1 Å². The topological polar surface area (TPSA) is 66.5 Å². The second-order valence-corrected chi connectivity index (χ2v) is 9.00. The lowest BCUT2D eigenvalue weighted by Gasteiger charge is -2.37. The first-order chi connectivity index (χ1) is 10.0. The molecular weight excluding hydrogens is 288 g/mol. The van der Waals surface area contributed by atoms with E-state index in [0.717, 1.165) is 25.7 Å². The quantitative estimate of drug-likeness (QED) is 0.852. The number of carbonyl (C=O) groups is 1. The van der Waals surface area contributed by atoms with Gasteiger partial charge in [-0.05, 0) is 38.0 Å². The average molecular weight is 314 g/mol. The number of amides is 1. The maximum atomic E-state index is 12.7. The maximum Gasteiger partial charge on any atom is 0.241 e. The summed E-state index contributed by atoms with van der Waals surface area (Å²) in [5.74, 6) is 1.05. The molecule has 2 aliphatic heterocycles. The summed E-state index contributed by atoms with van der Waals surface area (Å²) in [5, 5.41) is 3.49. The van der Waals surface area contributed by atoms with Crippen molar-refractivity contribution in [1.82, 2.24) is 10.2 Å². The summed E-state index contributed by atoms with van der Waals surface area (Å²) in [5.41, 5.74) is 0. The summed E-state index contributed by atoms with van der Waals surface area (Å²) in [6.45, 7) is 2.02. The molecule has 1 amide bonds. The normalized spacial score (nSPS) is 37.3. The highest BCUT2D eigenvalue weighted by molar-refractivity contribution is 7.91. The molecule has 0 aromatic rings. The van der Waals surface area contributed by atoms with Crippen LogP contribution in [0.3, 0.4) is 0 Å². The smallest absolute Gasteiger partial charge is 0.241 e. The molecule has 3 unspecified atom stereocenters. The van der Waals surface area contributed by atoms with Crippen molar-refractivity contribution in [3.05, 3.63) is 0 Å². The second kappa shape index (κ2) is 5.88. The van der Waals surface area contributed by atoms with Gasteiger partial charge in [-0.2, -0.15) is 0 Å². The van der Waals surface area contributed by atoms with Gasteiger partial charge in [0, 0.05) is 6.04 Å². The zero-order chi connectivity index (χ0) is 15.0. The Bertz CT molecular complexity index is 499. The van der Waals surface area contributed by atoms with Gasteiger partial charge in [0.2, 0.25) is 5.91 Å². The van der Waals surface area contributed by atoms with E-state index in [0.29, 0.717) is 12.3 Å². The van der Waals surface area contributed by atoms with Crippen molar-refractivity contribution < 1.29 is 13.2 Å². The van der Waals surface area contributed by atoms with Gasteiger partial charge in [-0.15, -0.1) is 0 Å². The van der Waals surface area contributed by atoms with Gasteiger partial charge >= 0.3 is 0 Å². The molecular formula is C15H26N2O3S. The molecule has 0 spiro atoms. The predicted molar refractivity (Wildman–Crippen MR) is 81.5 cm³/mol. The molecule has 120 valence electrons. The molecule has 1 aliphatic carbocycles. The van der Waals surface area contributed by atoms with E-state index in [1.54, 1.807) is 0 Å². The zero-order valence-corrected chi connectivity index (χ0v) is 13.6. The van der Waals surface area contributed by atoms with E-state index < -0.39 is 9.84 Å². The molecule has 3 rings (SSSR count). The van der Waals surface area contributed by atoms with Gasteiger partial charge in [0.25, 0.3) is 0 Å². The van der Waals surface area contributed by atoms with Crippen LogP contribution < -0.4 is 5.32 Å². The minimum absolute atomic E-state index is 0.0586. The Kier molecular flexibility index (Phi) is 4.28. The highest BCUT2D eigenvalue weighted by Crippen LogP contribution is 2.35. The number of rotatable bonds is 3. The summed E-state index contributed by atoms with van der Waals surface area (Å²) >= 11 is 0. The number of carbonyl (C=O) groups excluding carboxylic acids is 1. The van der Waals surface area contributed by atoms with Crippen molar-refractivity contribution in [2.75, 3.05) is 11.5 Å². The Morgan fingerprint density at radius 2 is 1.90 bits per heavy atom. The summed E-state index contributed by atoms with van der Waals surface area (Å²) < 4.78 is 23.9. The number of hydrogen-bond acceptors (Lipinski definition) is 4. The van der Waals surface area contributed by atoms with Crippen LogP contribution in [-0.2, 0) is 14.6 Å². The van der Waals surface area contributed by atoms with Crippen LogP contribution in [0.5, 0.6) is 0 Å². The van der Waals surface area contributed by atoms with E-state index in [9.17, 15) is 13.2 Å². The molecule has 5 nitrogen and oxygen atoms in total. The number of nitrogens with one attached hydrogen (secondary N) is 1. The largest absolute Gasteiger partial charge is 0.322 e. The maximum absolute atomic E-state index is 12.7. The Labute approximate surface area is 127 Å². The van der Waals surface area contributed by atoms with Crippen LogP contribution in [0.1, 0.15) is 51.9 Å². The van der Waals surface area contributed by atoms with Crippen LogP contribution in [0.4, 0.5) is 0 Å². The summed E-state index contributed by atoms with van der Waals surface area (Å²) in [4.78, 5) is 14.6. The molecule has 0 aromatic heterocycles. The second-order valence-electron chi connectivity index (χ2n) is 6.77. The van der Waals surface area contributed by atoms with Gasteiger partial charge in [-0.3, -0.25) is 10.1 Å². The Hall–Kier alpha value is -0.620. The monoisotopic (exact) mass is 314 g/mol. The molecule has 0 bridgehead atoms. The van der Waals surface area contributed by atoms with Gasteiger partial charge in [0.05, 0.1) is 23.7 Å². The van der Waals surface area contributed by atoms with E-state index in [1.165, 1.54) is 12.8 Å². The lowest BCUT2D eigenvalue weighted by atomic mass is 10.0. The van der Waals surface area contributed by atoms with Gasteiger partial charge in [0.15, 0.2) is 9.84 Å². The Balaban J connectivity index is 1.83. The molecule has 0 aromatic carbocycles. The van der Waals surface area contributed by atoms with Gasteiger partial charge in [-0.25, -0.2) is 8.42 Å². The highest BCUT2D eigenvalue weighted by Gasteiger charge is 2.46. The minimum Gasteiger partial charge on any atom is -0.322 e. The lowest BCUT2D eigenvalue weighted by Crippen LogP contribution is -2.52. The molecule has 1 N–H and O–H groups in total. The van der Waals surface area contributed by atoms with Crippen molar-refractivity contribution in [3.8, 4) is 0 Å². The Morgan fingerprint density at radius 1 is 1.19 bits per heavy atom. The van der Waals surface area contributed by atoms with Crippen LogP contribution >= 0.6 is 0 Å². The molecule has 3 fully saturated rings.